The van der Waals surface area contributed by atoms with Gasteiger partial charge in [-0.05, 0) is 164 Å². The molecule has 0 saturated heterocycles. The highest BCUT2D eigenvalue weighted by molar-refractivity contribution is 6.14. The maximum Gasteiger partial charge on any atom is 0.0546 e. The number of benzene rings is 8. The Balaban J connectivity index is 1.06. The van der Waals surface area contributed by atoms with Crippen molar-refractivity contribution in [2.75, 3.05) is 4.90 Å². The summed E-state index contributed by atoms with van der Waals surface area (Å²) >= 11 is 0. The van der Waals surface area contributed by atoms with E-state index in [9.17, 15) is 0 Å². The minimum atomic E-state index is -0.0990. The van der Waals surface area contributed by atoms with Crippen LogP contribution in [0.3, 0.4) is 0 Å². The van der Waals surface area contributed by atoms with E-state index in [0.29, 0.717) is 11.8 Å². The first-order chi connectivity index (χ1) is 28.5. The van der Waals surface area contributed by atoms with Crippen LogP contribution in [0.5, 0.6) is 0 Å². The van der Waals surface area contributed by atoms with Gasteiger partial charge in [-0.2, -0.15) is 0 Å². The van der Waals surface area contributed by atoms with Gasteiger partial charge in [-0.3, -0.25) is 0 Å². The number of anilines is 3. The average Bonchev–Trinajstić information content (AvgIpc) is 3.67. The van der Waals surface area contributed by atoms with Crippen LogP contribution in [0.2, 0.25) is 0 Å². The van der Waals surface area contributed by atoms with E-state index in [1.54, 1.807) is 11.1 Å². The molecule has 280 valence electrons. The van der Waals surface area contributed by atoms with E-state index in [1.165, 1.54) is 115 Å². The van der Waals surface area contributed by atoms with E-state index in [2.05, 4.69) is 183 Å². The highest BCUT2D eigenvalue weighted by atomic mass is 15.1. The van der Waals surface area contributed by atoms with Crippen molar-refractivity contribution in [1.29, 1.82) is 0 Å². The zero-order chi connectivity index (χ0) is 38.3. The molecule has 6 aliphatic rings. The first-order valence-electron chi connectivity index (χ1n) is 21.8. The molecule has 8 aromatic rings. The minimum absolute atomic E-state index is 0.0885. The molecule has 0 unspecified atom stereocenters. The predicted molar refractivity (Wildman–Crippen MR) is 242 cm³/mol. The number of hydrogen-bond acceptors (Lipinski definition) is 1. The van der Waals surface area contributed by atoms with E-state index in [-0.39, 0.29) is 10.8 Å². The van der Waals surface area contributed by atoms with E-state index in [1.807, 2.05) is 0 Å². The molecule has 0 aromatic heterocycles. The van der Waals surface area contributed by atoms with Gasteiger partial charge in [-0.15, -0.1) is 0 Å². The molecular weight excluding hydrogens is 699 g/mol. The summed E-state index contributed by atoms with van der Waals surface area (Å²) < 4.78 is 0. The fourth-order valence-corrected chi connectivity index (χ4v) is 13.6. The molecule has 1 spiro atoms. The molecule has 0 N–H and O–H groups in total. The summed E-state index contributed by atoms with van der Waals surface area (Å²) in [6.45, 7) is 4.80. The summed E-state index contributed by atoms with van der Waals surface area (Å²) in [6.07, 6.45) is 6.98. The maximum atomic E-state index is 2.63. The fourth-order valence-electron chi connectivity index (χ4n) is 13.6. The van der Waals surface area contributed by atoms with Crippen LogP contribution < -0.4 is 4.90 Å². The Kier molecular flexibility index (Phi) is 6.75. The van der Waals surface area contributed by atoms with Gasteiger partial charge in [0, 0.05) is 27.6 Å². The Labute approximate surface area is 342 Å². The van der Waals surface area contributed by atoms with Crippen molar-refractivity contribution < 1.29 is 0 Å². The Morgan fingerprint density at radius 1 is 0.414 bits per heavy atom. The minimum Gasteiger partial charge on any atom is -0.310 e. The Morgan fingerprint density at radius 3 is 1.84 bits per heavy atom. The summed E-state index contributed by atoms with van der Waals surface area (Å²) in [6, 6.07) is 63.0. The van der Waals surface area contributed by atoms with Crippen molar-refractivity contribution in [3.8, 4) is 33.4 Å². The van der Waals surface area contributed by atoms with Gasteiger partial charge < -0.3 is 4.90 Å². The molecule has 0 heterocycles. The normalized spacial score (nSPS) is 23.9. The van der Waals surface area contributed by atoms with E-state index < -0.39 is 0 Å². The summed E-state index contributed by atoms with van der Waals surface area (Å²) in [5.74, 6) is 3.23. The van der Waals surface area contributed by atoms with Crippen molar-refractivity contribution in [2.45, 2.75) is 56.8 Å². The second-order valence-electron chi connectivity index (χ2n) is 18.9. The summed E-state index contributed by atoms with van der Waals surface area (Å²) in [4.78, 5) is 2.59. The van der Waals surface area contributed by atoms with Crippen molar-refractivity contribution in [2.24, 2.45) is 23.7 Å². The average molecular weight is 746 g/mol. The molecule has 4 bridgehead atoms. The third-order valence-electron chi connectivity index (χ3n) is 15.8. The quantitative estimate of drug-likeness (QED) is 0.162. The molecule has 4 fully saturated rings. The van der Waals surface area contributed by atoms with Gasteiger partial charge in [0.1, 0.15) is 0 Å². The second-order valence-corrected chi connectivity index (χ2v) is 18.9. The zero-order valence-corrected chi connectivity index (χ0v) is 33.4. The standard InChI is InChI=1S/C57H47N/c1-56(2)51-19-11-10-17-46(51)47-24-21-43(34-53(47)56)58(55-32-39-14-6-7-15-44(39)45-16-8-9-18-49(45)55)42-22-25-52-50(33-42)48-23-20-38(37-12-4-3-5-13-37)31-54(48)57(52)40-27-35-26-36(29-40)30-41(57)28-35/h3-25,31-36,40-41H,26-30H2,1-2H3. The number of nitrogens with zero attached hydrogens (tertiary/aromatic N) is 1. The van der Waals surface area contributed by atoms with Gasteiger partial charge in [0.25, 0.3) is 0 Å². The largest absolute Gasteiger partial charge is 0.310 e. The first-order valence-corrected chi connectivity index (χ1v) is 21.8. The lowest BCUT2D eigenvalue weighted by Gasteiger charge is -2.61. The van der Waals surface area contributed by atoms with Crippen LogP contribution in [0.15, 0.2) is 164 Å². The Hall–Kier alpha value is -5.92. The fraction of sp³-hybridized carbons (Fsp3) is 0.228. The topological polar surface area (TPSA) is 3.24 Å². The second kappa shape index (κ2) is 11.8. The number of rotatable bonds is 4. The van der Waals surface area contributed by atoms with E-state index in [0.717, 1.165) is 11.8 Å². The van der Waals surface area contributed by atoms with Crippen LogP contribution in [-0.2, 0) is 10.8 Å². The van der Waals surface area contributed by atoms with E-state index in [4.69, 9.17) is 0 Å². The van der Waals surface area contributed by atoms with Gasteiger partial charge in [-0.1, -0.05) is 141 Å². The van der Waals surface area contributed by atoms with Crippen LogP contribution in [0, 0.1) is 23.7 Å². The third kappa shape index (κ3) is 4.37. The molecule has 14 rings (SSSR count). The molecule has 1 nitrogen and oxygen atoms in total. The zero-order valence-electron chi connectivity index (χ0n) is 33.4. The van der Waals surface area contributed by atoms with Gasteiger partial charge >= 0.3 is 0 Å². The smallest absolute Gasteiger partial charge is 0.0546 e. The van der Waals surface area contributed by atoms with E-state index >= 15 is 0 Å². The van der Waals surface area contributed by atoms with Crippen LogP contribution in [0.25, 0.3) is 54.9 Å². The summed E-state index contributed by atoms with van der Waals surface area (Å²) in [5.41, 5.74) is 18.0. The van der Waals surface area contributed by atoms with Gasteiger partial charge in [0.2, 0.25) is 0 Å². The van der Waals surface area contributed by atoms with Gasteiger partial charge in [0.05, 0.1) is 5.69 Å². The molecular formula is C57H47N. The van der Waals surface area contributed by atoms with Crippen LogP contribution in [0.4, 0.5) is 17.1 Å². The summed E-state index contributed by atoms with van der Waals surface area (Å²) in [7, 11) is 0. The highest BCUT2D eigenvalue weighted by Crippen LogP contribution is 2.70. The number of hydrogen-bond donors (Lipinski definition) is 0. The molecule has 0 atom stereocenters. The van der Waals surface area contributed by atoms with Crippen molar-refractivity contribution in [3.63, 3.8) is 0 Å². The molecule has 0 aliphatic heterocycles. The van der Waals surface area contributed by atoms with Crippen molar-refractivity contribution in [1.82, 2.24) is 0 Å². The van der Waals surface area contributed by atoms with Crippen LogP contribution >= 0.6 is 0 Å². The number of fused-ring (bicyclic) bond motifs is 9. The van der Waals surface area contributed by atoms with Crippen LogP contribution in [0.1, 0.15) is 68.2 Å². The lowest BCUT2D eigenvalue weighted by molar-refractivity contribution is -0.0399. The molecule has 0 radical (unpaired) electrons. The lowest BCUT2D eigenvalue weighted by Crippen LogP contribution is -2.55. The van der Waals surface area contributed by atoms with Crippen molar-refractivity contribution in [3.05, 3.63) is 186 Å². The Morgan fingerprint density at radius 2 is 1.03 bits per heavy atom. The third-order valence-corrected chi connectivity index (χ3v) is 15.8. The van der Waals surface area contributed by atoms with Gasteiger partial charge in [0.15, 0.2) is 0 Å². The molecule has 4 saturated carbocycles. The molecule has 1 heteroatoms. The first kappa shape index (κ1) is 33.1. The predicted octanol–water partition coefficient (Wildman–Crippen LogP) is 15.2. The van der Waals surface area contributed by atoms with Crippen LogP contribution in [-0.4, -0.2) is 0 Å². The highest BCUT2D eigenvalue weighted by Gasteiger charge is 2.61. The SMILES string of the molecule is CC1(C)c2ccccc2-c2ccc(N(c3ccc4c(c3)-c3ccc(-c5ccccc5)cc3C43C4CC5CC(C4)CC3C5)c3cc4ccccc4c4ccccc34)cc21. The lowest BCUT2D eigenvalue weighted by atomic mass is 9.43. The maximum absolute atomic E-state index is 2.63. The molecule has 6 aliphatic carbocycles. The molecule has 8 aromatic carbocycles. The monoisotopic (exact) mass is 745 g/mol. The molecule has 0 amide bonds. The van der Waals surface area contributed by atoms with Gasteiger partial charge in [-0.25, -0.2) is 0 Å². The van der Waals surface area contributed by atoms with Crippen molar-refractivity contribution >= 4 is 38.6 Å². The Bertz CT molecular complexity index is 2970. The molecule has 58 heavy (non-hydrogen) atoms. The summed E-state index contributed by atoms with van der Waals surface area (Å²) in [5, 5.41) is 5.13.